The third-order valence-electron chi connectivity index (χ3n) is 3.27. The van der Waals surface area contributed by atoms with Gasteiger partial charge in [-0.05, 0) is 30.5 Å². The van der Waals surface area contributed by atoms with Gasteiger partial charge in [-0.15, -0.1) is 0 Å². The minimum Gasteiger partial charge on any atom is -0.365 e. The first kappa shape index (κ1) is 16.3. The van der Waals surface area contributed by atoms with Gasteiger partial charge in [-0.25, -0.2) is 13.6 Å². The predicted octanol–water partition coefficient (Wildman–Crippen LogP) is 1.74. The highest BCUT2D eigenvalue weighted by Crippen LogP contribution is 2.23. The van der Waals surface area contributed by atoms with Crippen molar-refractivity contribution in [2.24, 2.45) is 10.1 Å². The molecule has 5 nitrogen and oxygen atoms in total. The standard InChI is InChI=1S/C14H21N3O2S2/c1-2-3-12-10-17-14(20-12)16-9-8-11-4-6-13(7-5-11)21(15,18)19/h4-7,12H,2-3,8-10H2,1H3,(H,16,17)(H2,15,18,19). The first-order valence-corrected chi connectivity index (χ1v) is 9.48. The van der Waals surface area contributed by atoms with Crippen LogP contribution in [-0.4, -0.2) is 31.9 Å². The van der Waals surface area contributed by atoms with Gasteiger partial charge in [0.05, 0.1) is 11.4 Å². The molecular formula is C14H21N3O2S2. The van der Waals surface area contributed by atoms with E-state index in [0.29, 0.717) is 5.25 Å². The van der Waals surface area contributed by atoms with E-state index in [9.17, 15) is 8.42 Å². The lowest BCUT2D eigenvalue weighted by molar-refractivity contribution is 0.598. The Balaban J connectivity index is 1.77. The SMILES string of the molecule is CCCC1CN=C(NCCc2ccc(S(N)(=O)=O)cc2)S1. The number of aliphatic imine (C=N–C) groups is 1. The van der Waals surface area contributed by atoms with Crippen LogP contribution in [-0.2, 0) is 16.4 Å². The van der Waals surface area contributed by atoms with Crippen molar-refractivity contribution in [2.75, 3.05) is 13.1 Å². The van der Waals surface area contributed by atoms with Gasteiger partial charge in [-0.3, -0.25) is 4.99 Å². The summed E-state index contributed by atoms with van der Waals surface area (Å²) in [4.78, 5) is 4.64. The van der Waals surface area contributed by atoms with E-state index < -0.39 is 10.0 Å². The number of rotatable bonds is 6. The van der Waals surface area contributed by atoms with Crippen LogP contribution in [0.25, 0.3) is 0 Å². The van der Waals surface area contributed by atoms with Gasteiger partial charge in [0.15, 0.2) is 5.17 Å². The van der Waals surface area contributed by atoms with E-state index in [1.807, 2.05) is 11.8 Å². The second kappa shape index (κ2) is 7.29. The van der Waals surface area contributed by atoms with Gasteiger partial charge >= 0.3 is 0 Å². The number of primary sulfonamides is 1. The largest absolute Gasteiger partial charge is 0.365 e. The predicted molar refractivity (Wildman–Crippen MR) is 88.1 cm³/mol. The van der Waals surface area contributed by atoms with Crippen LogP contribution in [0, 0.1) is 0 Å². The molecule has 3 N–H and O–H groups in total. The van der Waals surface area contributed by atoms with Crippen LogP contribution < -0.4 is 10.5 Å². The molecule has 0 radical (unpaired) electrons. The fourth-order valence-corrected chi connectivity index (χ4v) is 3.81. The van der Waals surface area contributed by atoms with E-state index in [1.54, 1.807) is 24.3 Å². The fourth-order valence-electron chi connectivity index (χ4n) is 2.15. The van der Waals surface area contributed by atoms with Crippen molar-refractivity contribution in [3.63, 3.8) is 0 Å². The number of hydrogen-bond donors (Lipinski definition) is 2. The molecule has 0 amide bonds. The molecule has 21 heavy (non-hydrogen) atoms. The highest BCUT2D eigenvalue weighted by Gasteiger charge is 2.17. The summed E-state index contributed by atoms with van der Waals surface area (Å²) in [5, 5.41) is 10.0. The highest BCUT2D eigenvalue weighted by molar-refractivity contribution is 8.14. The van der Waals surface area contributed by atoms with Crippen LogP contribution in [0.5, 0.6) is 0 Å². The summed E-state index contributed by atoms with van der Waals surface area (Å²) in [5.74, 6) is 0. The van der Waals surface area contributed by atoms with E-state index in [2.05, 4.69) is 17.2 Å². The van der Waals surface area contributed by atoms with Gasteiger partial charge in [-0.2, -0.15) is 0 Å². The molecule has 0 spiro atoms. The molecule has 1 aromatic rings. The Hall–Kier alpha value is -1.05. The van der Waals surface area contributed by atoms with Crippen LogP contribution in [0.3, 0.4) is 0 Å². The van der Waals surface area contributed by atoms with Crippen molar-refractivity contribution in [2.45, 2.75) is 36.3 Å². The Kier molecular flexibility index (Phi) is 5.66. The maximum atomic E-state index is 11.2. The molecule has 0 fully saturated rings. The zero-order valence-corrected chi connectivity index (χ0v) is 13.7. The molecule has 0 aliphatic carbocycles. The van der Waals surface area contributed by atoms with Gasteiger partial charge in [0.1, 0.15) is 0 Å². The fraction of sp³-hybridized carbons (Fsp3) is 0.500. The van der Waals surface area contributed by atoms with E-state index >= 15 is 0 Å². The van der Waals surface area contributed by atoms with E-state index in [4.69, 9.17) is 5.14 Å². The average Bonchev–Trinajstić information content (AvgIpc) is 2.86. The van der Waals surface area contributed by atoms with E-state index in [-0.39, 0.29) is 4.90 Å². The molecule has 1 aliphatic heterocycles. The summed E-state index contributed by atoms with van der Waals surface area (Å²) in [5.41, 5.74) is 1.07. The first-order valence-electron chi connectivity index (χ1n) is 7.05. The van der Waals surface area contributed by atoms with Gasteiger partial charge in [0.2, 0.25) is 10.0 Å². The second-order valence-electron chi connectivity index (χ2n) is 5.04. The van der Waals surface area contributed by atoms with E-state index in [1.165, 1.54) is 12.8 Å². The Labute approximate surface area is 130 Å². The maximum absolute atomic E-state index is 11.2. The van der Waals surface area contributed by atoms with Gasteiger partial charge < -0.3 is 5.32 Å². The number of amidine groups is 1. The summed E-state index contributed by atoms with van der Waals surface area (Å²) in [6.45, 7) is 3.89. The Morgan fingerprint density at radius 1 is 1.38 bits per heavy atom. The lowest BCUT2D eigenvalue weighted by Gasteiger charge is -2.08. The second-order valence-corrected chi connectivity index (χ2v) is 7.89. The molecule has 116 valence electrons. The van der Waals surface area contributed by atoms with Crippen LogP contribution in [0.15, 0.2) is 34.2 Å². The van der Waals surface area contributed by atoms with Gasteiger partial charge in [0, 0.05) is 11.8 Å². The molecule has 1 unspecified atom stereocenters. The van der Waals surface area contributed by atoms with Crippen molar-refractivity contribution in [1.29, 1.82) is 0 Å². The summed E-state index contributed by atoms with van der Waals surface area (Å²) in [6, 6.07) is 6.68. The van der Waals surface area contributed by atoms with Crippen molar-refractivity contribution in [3.05, 3.63) is 29.8 Å². The molecule has 0 saturated carbocycles. The number of thioether (sulfide) groups is 1. The molecule has 1 aromatic carbocycles. The molecule has 7 heteroatoms. The quantitative estimate of drug-likeness (QED) is 0.833. The average molecular weight is 327 g/mol. The third kappa shape index (κ3) is 5.01. The Morgan fingerprint density at radius 3 is 2.71 bits per heavy atom. The normalized spacial score (nSPS) is 18.6. The first-order chi connectivity index (χ1) is 9.99. The smallest absolute Gasteiger partial charge is 0.238 e. The van der Waals surface area contributed by atoms with Gasteiger partial charge in [-0.1, -0.05) is 37.2 Å². The molecule has 1 atom stereocenters. The lowest BCUT2D eigenvalue weighted by Crippen LogP contribution is -2.22. The number of hydrogen-bond acceptors (Lipinski definition) is 5. The maximum Gasteiger partial charge on any atom is 0.238 e. The number of nitrogens with zero attached hydrogens (tertiary/aromatic N) is 1. The van der Waals surface area contributed by atoms with Gasteiger partial charge in [0.25, 0.3) is 0 Å². The van der Waals surface area contributed by atoms with Crippen molar-refractivity contribution < 1.29 is 8.42 Å². The van der Waals surface area contributed by atoms with Crippen LogP contribution >= 0.6 is 11.8 Å². The topological polar surface area (TPSA) is 84.5 Å². The molecule has 2 rings (SSSR count). The van der Waals surface area contributed by atoms with Crippen molar-refractivity contribution in [3.8, 4) is 0 Å². The Bertz CT molecular complexity index is 597. The molecule has 0 saturated heterocycles. The monoisotopic (exact) mass is 327 g/mol. The minimum absolute atomic E-state index is 0.150. The van der Waals surface area contributed by atoms with Crippen LogP contribution in [0.2, 0.25) is 0 Å². The van der Waals surface area contributed by atoms with E-state index in [0.717, 1.165) is 30.2 Å². The molecule has 0 aromatic heterocycles. The number of sulfonamides is 1. The number of nitrogens with one attached hydrogen (secondary N) is 1. The Morgan fingerprint density at radius 2 is 2.10 bits per heavy atom. The molecule has 1 aliphatic rings. The zero-order valence-electron chi connectivity index (χ0n) is 12.1. The van der Waals surface area contributed by atoms with Crippen LogP contribution in [0.1, 0.15) is 25.3 Å². The zero-order chi connectivity index (χ0) is 15.3. The number of nitrogens with two attached hydrogens (primary N) is 1. The molecular weight excluding hydrogens is 306 g/mol. The summed E-state index contributed by atoms with van der Waals surface area (Å²) < 4.78 is 22.3. The van der Waals surface area contributed by atoms with Crippen molar-refractivity contribution >= 4 is 27.0 Å². The van der Waals surface area contributed by atoms with Crippen LogP contribution in [0.4, 0.5) is 0 Å². The minimum atomic E-state index is -3.60. The summed E-state index contributed by atoms with van der Waals surface area (Å²) in [6.07, 6.45) is 3.22. The number of benzene rings is 1. The summed E-state index contributed by atoms with van der Waals surface area (Å²) >= 11 is 1.82. The highest BCUT2D eigenvalue weighted by atomic mass is 32.2. The lowest BCUT2D eigenvalue weighted by atomic mass is 10.1. The molecule has 1 heterocycles. The molecule has 0 bridgehead atoms. The summed E-state index contributed by atoms with van der Waals surface area (Å²) in [7, 11) is -3.60. The third-order valence-corrected chi connectivity index (χ3v) is 5.41. The van der Waals surface area contributed by atoms with Crippen molar-refractivity contribution in [1.82, 2.24) is 5.32 Å².